The van der Waals surface area contributed by atoms with Crippen LogP contribution >= 0.6 is 12.2 Å². The van der Waals surface area contributed by atoms with Gasteiger partial charge in [0, 0.05) is 26.3 Å². The number of nitrogen functional groups attached to an aromatic ring is 1. The SMILES string of the molecule is CNC(=S)N1CCc2c(cnc3n[nH]c(N)c23)C1. The van der Waals surface area contributed by atoms with Gasteiger partial charge in [-0.3, -0.25) is 5.10 Å². The van der Waals surface area contributed by atoms with Gasteiger partial charge in [-0.25, -0.2) is 4.98 Å². The fraction of sp³-hybridized carbons (Fsp3) is 0.364. The molecule has 0 bridgehead atoms. The van der Waals surface area contributed by atoms with Crippen LogP contribution in [0.15, 0.2) is 6.20 Å². The molecule has 1 aliphatic rings. The number of hydrogen-bond acceptors (Lipinski definition) is 4. The Hall–Kier alpha value is -1.89. The lowest BCUT2D eigenvalue weighted by Gasteiger charge is -2.30. The number of pyridine rings is 1. The molecule has 0 spiro atoms. The average molecular weight is 262 g/mol. The van der Waals surface area contributed by atoms with E-state index in [1.165, 1.54) is 11.1 Å². The van der Waals surface area contributed by atoms with E-state index in [2.05, 4.69) is 25.4 Å². The maximum Gasteiger partial charge on any atom is 0.183 e. The van der Waals surface area contributed by atoms with E-state index >= 15 is 0 Å². The second-order valence-corrected chi connectivity index (χ2v) is 4.71. The number of H-pyrrole nitrogens is 1. The molecule has 0 amide bonds. The number of anilines is 1. The summed E-state index contributed by atoms with van der Waals surface area (Å²) < 4.78 is 0. The lowest BCUT2D eigenvalue weighted by molar-refractivity contribution is 0.391. The van der Waals surface area contributed by atoms with E-state index in [-0.39, 0.29) is 0 Å². The number of thiocarbonyl (C=S) groups is 1. The van der Waals surface area contributed by atoms with Gasteiger partial charge in [0.2, 0.25) is 0 Å². The van der Waals surface area contributed by atoms with Gasteiger partial charge in [-0.05, 0) is 29.8 Å². The summed E-state index contributed by atoms with van der Waals surface area (Å²) in [6.07, 6.45) is 2.77. The van der Waals surface area contributed by atoms with Crippen molar-refractivity contribution in [2.45, 2.75) is 13.0 Å². The second-order valence-electron chi connectivity index (χ2n) is 4.32. The molecule has 94 valence electrons. The van der Waals surface area contributed by atoms with Crippen LogP contribution in [0.25, 0.3) is 11.0 Å². The Kier molecular flexibility index (Phi) is 2.55. The van der Waals surface area contributed by atoms with Gasteiger partial charge in [0.1, 0.15) is 5.82 Å². The zero-order valence-corrected chi connectivity index (χ0v) is 10.8. The summed E-state index contributed by atoms with van der Waals surface area (Å²) in [5.74, 6) is 0.596. The molecule has 3 rings (SSSR count). The number of nitrogens with zero attached hydrogens (tertiary/aromatic N) is 3. The van der Waals surface area contributed by atoms with Crippen LogP contribution in [-0.2, 0) is 13.0 Å². The highest BCUT2D eigenvalue weighted by molar-refractivity contribution is 7.80. The fourth-order valence-corrected chi connectivity index (χ4v) is 2.55. The molecule has 4 N–H and O–H groups in total. The van der Waals surface area contributed by atoms with Gasteiger partial charge in [-0.1, -0.05) is 0 Å². The molecule has 0 aliphatic carbocycles. The Morgan fingerprint density at radius 1 is 1.61 bits per heavy atom. The van der Waals surface area contributed by atoms with E-state index in [0.717, 1.165) is 30.0 Å². The zero-order valence-electron chi connectivity index (χ0n) is 10.0. The maximum atomic E-state index is 5.91. The predicted octanol–water partition coefficient (Wildman–Crippen LogP) is 0.403. The highest BCUT2D eigenvalue weighted by Gasteiger charge is 2.22. The Morgan fingerprint density at radius 2 is 2.44 bits per heavy atom. The molecule has 6 nitrogen and oxygen atoms in total. The van der Waals surface area contributed by atoms with Gasteiger partial charge in [-0.15, -0.1) is 0 Å². The summed E-state index contributed by atoms with van der Waals surface area (Å²) in [6, 6.07) is 0. The summed E-state index contributed by atoms with van der Waals surface area (Å²) in [5.41, 5.74) is 9.01. The Balaban J connectivity index is 2.05. The van der Waals surface area contributed by atoms with Crippen molar-refractivity contribution in [1.82, 2.24) is 25.4 Å². The Bertz CT molecular complexity index is 619. The molecule has 7 heteroatoms. The van der Waals surface area contributed by atoms with E-state index in [1.54, 1.807) is 0 Å². The van der Waals surface area contributed by atoms with Crippen LogP contribution in [0.1, 0.15) is 11.1 Å². The number of rotatable bonds is 0. The van der Waals surface area contributed by atoms with Gasteiger partial charge in [0.05, 0.1) is 5.39 Å². The van der Waals surface area contributed by atoms with Crippen molar-refractivity contribution in [3.63, 3.8) is 0 Å². The topological polar surface area (TPSA) is 82.9 Å². The highest BCUT2D eigenvalue weighted by atomic mass is 32.1. The van der Waals surface area contributed by atoms with Gasteiger partial charge in [0.25, 0.3) is 0 Å². The first kappa shape index (κ1) is 11.2. The summed E-state index contributed by atoms with van der Waals surface area (Å²) in [6.45, 7) is 1.65. The van der Waals surface area contributed by atoms with Crippen molar-refractivity contribution in [2.75, 3.05) is 19.3 Å². The normalized spacial score (nSPS) is 14.6. The van der Waals surface area contributed by atoms with E-state index in [9.17, 15) is 0 Å². The van der Waals surface area contributed by atoms with E-state index < -0.39 is 0 Å². The van der Waals surface area contributed by atoms with Crippen LogP contribution in [-0.4, -0.2) is 38.8 Å². The average Bonchev–Trinajstić information content (AvgIpc) is 2.79. The van der Waals surface area contributed by atoms with Crippen LogP contribution in [0.3, 0.4) is 0 Å². The van der Waals surface area contributed by atoms with Crippen molar-refractivity contribution < 1.29 is 0 Å². The van der Waals surface area contributed by atoms with Gasteiger partial charge < -0.3 is 16.0 Å². The standard InChI is InChI=1S/C11H14N6S/c1-13-11(18)17-3-2-7-6(5-17)4-14-10-8(7)9(12)15-16-10/h4H,2-3,5H2,1H3,(H,13,18)(H3,12,14,15,16). The smallest absolute Gasteiger partial charge is 0.183 e. The number of hydrogen-bond donors (Lipinski definition) is 3. The summed E-state index contributed by atoms with van der Waals surface area (Å²) >= 11 is 5.26. The van der Waals surface area contributed by atoms with Gasteiger partial charge in [0.15, 0.2) is 10.8 Å². The quantitative estimate of drug-likeness (QED) is 0.596. The third-order valence-electron chi connectivity index (χ3n) is 3.30. The maximum absolute atomic E-state index is 5.91. The molecule has 0 saturated heterocycles. The molecule has 0 aromatic carbocycles. The first-order valence-electron chi connectivity index (χ1n) is 5.77. The van der Waals surface area contributed by atoms with Crippen LogP contribution < -0.4 is 11.1 Å². The number of aromatic nitrogens is 3. The van der Waals surface area contributed by atoms with Gasteiger partial charge in [-0.2, -0.15) is 5.10 Å². The van der Waals surface area contributed by atoms with Crippen LogP contribution in [0.2, 0.25) is 0 Å². The van der Waals surface area contributed by atoms with Crippen LogP contribution in [0, 0.1) is 0 Å². The van der Waals surface area contributed by atoms with Crippen LogP contribution in [0.5, 0.6) is 0 Å². The molecular weight excluding hydrogens is 248 g/mol. The molecule has 0 unspecified atom stereocenters. The third kappa shape index (κ3) is 1.59. The Labute approximate surface area is 110 Å². The fourth-order valence-electron chi connectivity index (χ4n) is 2.40. The first-order chi connectivity index (χ1) is 8.70. The van der Waals surface area contributed by atoms with Crippen molar-refractivity contribution >= 4 is 34.2 Å². The Morgan fingerprint density at radius 3 is 3.22 bits per heavy atom. The minimum Gasteiger partial charge on any atom is -0.384 e. The number of nitrogens with one attached hydrogen (secondary N) is 2. The van der Waals surface area contributed by atoms with Crippen molar-refractivity contribution in [2.24, 2.45) is 0 Å². The summed E-state index contributed by atoms with van der Waals surface area (Å²) in [4.78, 5) is 6.45. The third-order valence-corrected chi connectivity index (χ3v) is 3.76. The second kappa shape index (κ2) is 4.09. The molecule has 2 aromatic heterocycles. The predicted molar refractivity (Wildman–Crippen MR) is 74.1 cm³/mol. The minimum absolute atomic E-state index is 0.596. The van der Waals surface area contributed by atoms with Crippen molar-refractivity contribution in [3.8, 4) is 0 Å². The molecule has 0 radical (unpaired) electrons. The zero-order chi connectivity index (χ0) is 12.7. The largest absolute Gasteiger partial charge is 0.384 e. The molecule has 18 heavy (non-hydrogen) atoms. The van der Waals surface area contributed by atoms with Crippen LogP contribution in [0.4, 0.5) is 5.82 Å². The molecule has 0 atom stereocenters. The monoisotopic (exact) mass is 262 g/mol. The number of fused-ring (bicyclic) bond motifs is 3. The van der Waals surface area contributed by atoms with E-state index in [4.69, 9.17) is 18.0 Å². The number of nitrogens with two attached hydrogens (primary N) is 1. The molecule has 3 heterocycles. The molecule has 0 saturated carbocycles. The lowest BCUT2D eigenvalue weighted by atomic mass is 9.99. The highest BCUT2D eigenvalue weighted by Crippen LogP contribution is 2.28. The molecule has 0 fully saturated rings. The summed E-state index contributed by atoms with van der Waals surface area (Å²) in [5, 5.41) is 11.6. The summed E-state index contributed by atoms with van der Waals surface area (Å²) in [7, 11) is 1.84. The van der Waals surface area contributed by atoms with Crippen molar-refractivity contribution in [1.29, 1.82) is 0 Å². The first-order valence-corrected chi connectivity index (χ1v) is 6.18. The van der Waals surface area contributed by atoms with Crippen molar-refractivity contribution in [3.05, 3.63) is 17.3 Å². The van der Waals surface area contributed by atoms with E-state index in [0.29, 0.717) is 11.5 Å². The van der Waals surface area contributed by atoms with Gasteiger partial charge >= 0.3 is 0 Å². The molecule has 1 aliphatic heterocycles. The minimum atomic E-state index is 0.596. The molecular formula is C11H14N6S. The lowest BCUT2D eigenvalue weighted by Crippen LogP contribution is -2.41. The molecule has 2 aromatic rings. The van der Waals surface area contributed by atoms with E-state index in [1.807, 2.05) is 13.2 Å². The number of aromatic amines is 1.